The van der Waals surface area contributed by atoms with Gasteiger partial charge in [0.15, 0.2) is 5.82 Å². The predicted molar refractivity (Wildman–Crippen MR) is 75.5 cm³/mol. The minimum Gasteiger partial charge on any atom is -0.481 e. The van der Waals surface area contributed by atoms with Gasteiger partial charge in [0.25, 0.3) is 0 Å². The fourth-order valence-electron chi connectivity index (χ4n) is 3.26. The third-order valence-electron chi connectivity index (χ3n) is 4.59. The van der Waals surface area contributed by atoms with Gasteiger partial charge in [0.05, 0.1) is 17.6 Å². The van der Waals surface area contributed by atoms with Crippen molar-refractivity contribution in [1.29, 1.82) is 0 Å². The smallest absolute Gasteiger partial charge is 0.307 e. The van der Waals surface area contributed by atoms with E-state index < -0.39 is 11.9 Å². The summed E-state index contributed by atoms with van der Waals surface area (Å²) in [7, 11) is 0. The first-order valence-corrected chi connectivity index (χ1v) is 8.22. The molecule has 0 saturated heterocycles. The van der Waals surface area contributed by atoms with Crippen molar-refractivity contribution in [2.75, 3.05) is 0 Å². The monoisotopic (exact) mass is 296 g/mol. The number of hydrogen-bond acceptors (Lipinski definition) is 5. The van der Waals surface area contributed by atoms with Gasteiger partial charge in [-0.3, -0.25) is 4.79 Å². The molecule has 2 saturated carbocycles. The van der Waals surface area contributed by atoms with Gasteiger partial charge in [-0.1, -0.05) is 31.8 Å². The Morgan fingerprint density at radius 1 is 1.45 bits per heavy atom. The molecule has 2 atom stereocenters. The van der Waals surface area contributed by atoms with Gasteiger partial charge < -0.3 is 9.63 Å². The van der Waals surface area contributed by atoms with Crippen LogP contribution in [0.15, 0.2) is 4.52 Å². The maximum atomic E-state index is 11.2. The molecule has 6 heteroatoms. The summed E-state index contributed by atoms with van der Waals surface area (Å²) < 4.78 is 5.28. The lowest BCUT2D eigenvalue weighted by Crippen LogP contribution is -2.03. The van der Waals surface area contributed by atoms with E-state index in [0.29, 0.717) is 11.7 Å². The Hall–Kier alpha value is -1.04. The van der Waals surface area contributed by atoms with Crippen LogP contribution in [0.1, 0.15) is 57.2 Å². The fourth-order valence-corrected chi connectivity index (χ4v) is 4.43. The van der Waals surface area contributed by atoms with E-state index in [4.69, 9.17) is 4.52 Å². The van der Waals surface area contributed by atoms with Crippen LogP contribution in [-0.2, 0) is 10.5 Å². The molecule has 0 spiro atoms. The highest BCUT2D eigenvalue weighted by atomic mass is 32.2. The van der Waals surface area contributed by atoms with Gasteiger partial charge >= 0.3 is 5.97 Å². The quantitative estimate of drug-likeness (QED) is 0.900. The molecule has 20 heavy (non-hydrogen) atoms. The van der Waals surface area contributed by atoms with E-state index in [1.54, 1.807) is 0 Å². The van der Waals surface area contributed by atoms with Crippen LogP contribution in [0.3, 0.4) is 0 Å². The van der Waals surface area contributed by atoms with Gasteiger partial charge in [-0.2, -0.15) is 16.7 Å². The summed E-state index contributed by atoms with van der Waals surface area (Å²) in [5, 5.41) is 13.9. The normalized spacial score (nSPS) is 28.7. The summed E-state index contributed by atoms with van der Waals surface area (Å²) in [5.41, 5.74) is -0.284. The van der Waals surface area contributed by atoms with Crippen molar-refractivity contribution in [1.82, 2.24) is 10.1 Å². The Bertz CT molecular complexity index is 508. The molecule has 1 N–H and O–H groups in total. The summed E-state index contributed by atoms with van der Waals surface area (Å²) in [6.45, 7) is 3.88. The summed E-state index contributed by atoms with van der Waals surface area (Å²) in [4.78, 5) is 15.6. The third kappa shape index (κ3) is 2.45. The zero-order valence-electron chi connectivity index (χ0n) is 11.8. The Morgan fingerprint density at radius 2 is 2.15 bits per heavy atom. The molecule has 0 bridgehead atoms. The van der Waals surface area contributed by atoms with Crippen LogP contribution in [-0.4, -0.2) is 26.5 Å². The van der Waals surface area contributed by atoms with E-state index >= 15 is 0 Å². The number of carboxylic acid groups (broad SMARTS) is 1. The molecular weight excluding hydrogens is 276 g/mol. The standard InChI is InChI=1S/C14H20N2O3S/c1-14(2)10(11(14)13(17)18)12-15-9(16-19-12)7-20-8-5-3-4-6-8/h8,10-11H,3-7H2,1-2H3,(H,17,18). The van der Waals surface area contributed by atoms with E-state index in [9.17, 15) is 9.90 Å². The number of aromatic nitrogens is 2. The Morgan fingerprint density at radius 3 is 2.75 bits per heavy atom. The van der Waals surface area contributed by atoms with E-state index in [1.165, 1.54) is 25.7 Å². The minimum absolute atomic E-state index is 0.141. The molecule has 0 amide bonds. The van der Waals surface area contributed by atoms with Gasteiger partial charge in [0, 0.05) is 5.25 Å². The van der Waals surface area contributed by atoms with Gasteiger partial charge in [-0.05, 0) is 18.3 Å². The molecule has 5 nitrogen and oxygen atoms in total. The second kappa shape index (κ2) is 5.06. The lowest BCUT2D eigenvalue weighted by atomic mass is 10.1. The van der Waals surface area contributed by atoms with E-state index in [2.05, 4.69) is 10.1 Å². The number of aliphatic carboxylic acids is 1. The second-order valence-electron chi connectivity index (χ2n) is 6.38. The average Bonchev–Trinajstić information content (AvgIpc) is 2.87. The van der Waals surface area contributed by atoms with Crippen LogP contribution in [0.4, 0.5) is 0 Å². The molecule has 110 valence electrons. The van der Waals surface area contributed by atoms with Crippen LogP contribution < -0.4 is 0 Å². The Labute approximate surface area is 122 Å². The number of carboxylic acids is 1. The molecule has 2 aliphatic rings. The lowest BCUT2D eigenvalue weighted by molar-refractivity contribution is -0.139. The van der Waals surface area contributed by atoms with Gasteiger partial charge in [0.1, 0.15) is 0 Å². The zero-order valence-corrected chi connectivity index (χ0v) is 12.7. The van der Waals surface area contributed by atoms with Gasteiger partial charge in [-0.15, -0.1) is 0 Å². The molecule has 1 aromatic rings. The Balaban J connectivity index is 1.61. The summed E-state index contributed by atoms with van der Waals surface area (Å²) in [6, 6.07) is 0. The topological polar surface area (TPSA) is 76.2 Å². The van der Waals surface area contributed by atoms with E-state index in [-0.39, 0.29) is 11.3 Å². The number of rotatable bonds is 5. The van der Waals surface area contributed by atoms with Crippen molar-refractivity contribution < 1.29 is 14.4 Å². The van der Waals surface area contributed by atoms with Crippen LogP contribution in [0, 0.1) is 11.3 Å². The first-order chi connectivity index (χ1) is 9.50. The van der Waals surface area contributed by atoms with Crippen molar-refractivity contribution in [2.45, 2.75) is 56.5 Å². The number of hydrogen-bond donors (Lipinski definition) is 1. The third-order valence-corrected chi connectivity index (χ3v) is 5.96. The molecule has 0 aromatic carbocycles. The summed E-state index contributed by atoms with van der Waals surface area (Å²) in [6.07, 6.45) is 5.22. The first kappa shape index (κ1) is 13.9. The number of carbonyl (C=O) groups is 1. The predicted octanol–water partition coefficient (Wildman–Crippen LogP) is 3.07. The summed E-state index contributed by atoms with van der Waals surface area (Å²) in [5.74, 6) is 0.628. The van der Waals surface area contributed by atoms with Crippen LogP contribution in [0.2, 0.25) is 0 Å². The average molecular weight is 296 g/mol. The lowest BCUT2D eigenvalue weighted by Gasteiger charge is -2.04. The van der Waals surface area contributed by atoms with Crippen LogP contribution in [0.5, 0.6) is 0 Å². The van der Waals surface area contributed by atoms with E-state index in [1.807, 2.05) is 25.6 Å². The largest absolute Gasteiger partial charge is 0.481 e. The molecule has 2 fully saturated rings. The molecular formula is C14H20N2O3S. The van der Waals surface area contributed by atoms with Crippen molar-refractivity contribution in [3.63, 3.8) is 0 Å². The van der Waals surface area contributed by atoms with Gasteiger partial charge in [0.2, 0.25) is 5.89 Å². The molecule has 3 rings (SSSR count). The molecule has 0 aliphatic heterocycles. The SMILES string of the molecule is CC1(C)C(C(=O)O)C1c1nc(CSC2CCCC2)no1. The van der Waals surface area contributed by atoms with Crippen molar-refractivity contribution in [3.05, 3.63) is 11.7 Å². The van der Waals surface area contributed by atoms with Crippen LogP contribution in [0.25, 0.3) is 0 Å². The Kier molecular flexibility index (Phi) is 3.52. The highest BCUT2D eigenvalue weighted by molar-refractivity contribution is 7.99. The maximum absolute atomic E-state index is 11.2. The van der Waals surface area contributed by atoms with Crippen molar-refractivity contribution in [2.24, 2.45) is 11.3 Å². The minimum atomic E-state index is -0.778. The second-order valence-corrected chi connectivity index (χ2v) is 7.67. The van der Waals surface area contributed by atoms with E-state index in [0.717, 1.165) is 11.0 Å². The summed E-state index contributed by atoms with van der Waals surface area (Å²) >= 11 is 1.89. The highest BCUT2D eigenvalue weighted by Gasteiger charge is 2.65. The maximum Gasteiger partial charge on any atom is 0.307 e. The van der Waals surface area contributed by atoms with Crippen molar-refractivity contribution in [3.8, 4) is 0 Å². The van der Waals surface area contributed by atoms with Crippen molar-refractivity contribution >= 4 is 17.7 Å². The highest BCUT2D eigenvalue weighted by Crippen LogP contribution is 2.64. The first-order valence-electron chi connectivity index (χ1n) is 7.17. The number of thioether (sulfide) groups is 1. The molecule has 1 heterocycles. The molecule has 0 radical (unpaired) electrons. The fraction of sp³-hybridized carbons (Fsp3) is 0.786. The van der Waals surface area contributed by atoms with Crippen LogP contribution >= 0.6 is 11.8 Å². The number of nitrogens with zero attached hydrogens (tertiary/aromatic N) is 2. The molecule has 2 unspecified atom stereocenters. The van der Waals surface area contributed by atoms with Gasteiger partial charge in [-0.25, -0.2) is 0 Å². The molecule has 2 aliphatic carbocycles. The zero-order chi connectivity index (χ0) is 14.3. The molecule has 1 aromatic heterocycles.